The van der Waals surface area contributed by atoms with Crippen LogP contribution in [0.25, 0.3) is 10.8 Å². The van der Waals surface area contributed by atoms with E-state index in [0.29, 0.717) is 11.4 Å². The van der Waals surface area contributed by atoms with Crippen molar-refractivity contribution in [3.63, 3.8) is 0 Å². The normalized spacial score (nSPS) is 12.3. The van der Waals surface area contributed by atoms with E-state index >= 15 is 0 Å². The number of amides is 3. The van der Waals surface area contributed by atoms with E-state index in [1.54, 1.807) is 13.2 Å². The van der Waals surface area contributed by atoms with Crippen molar-refractivity contribution in [2.24, 2.45) is 5.73 Å². The minimum atomic E-state index is -1.07. The summed E-state index contributed by atoms with van der Waals surface area (Å²) in [5.41, 5.74) is 7.01. The molecule has 10 heteroatoms. The molecule has 3 aromatic rings. The van der Waals surface area contributed by atoms with Crippen molar-refractivity contribution in [2.45, 2.75) is 31.3 Å². The lowest BCUT2D eigenvalue weighted by Crippen LogP contribution is -2.50. The summed E-state index contributed by atoms with van der Waals surface area (Å²) in [5.74, 6) is -2.16. The van der Waals surface area contributed by atoms with E-state index in [-0.39, 0.29) is 19.3 Å². The van der Waals surface area contributed by atoms with E-state index in [4.69, 9.17) is 15.6 Å². The van der Waals surface area contributed by atoms with E-state index in [2.05, 4.69) is 16.0 Å². The molecule has 0 heterocycles. The Balaban J connectivity index is 1.70. The van der Waals surface area contributed by atoms with Crippen LogP contribution in [-0.4, -0.2) is 54.5 Å². The molecule has 0 saturated carbocycles. The van der Waals surface area contributed by atoms with Crippen LogP contribution in [0.4, 0.5) is 5.69 Å². The zero-order valence-corrected chi connectivity index (χ0v) is 20.4. The highest BCUT2D eigenvalue weighted by atomic mass is 16.5. The van der Waals surface area contributed by atoms with Crippen LogP contribution < -0.4 is 26.4 Å². The molecule has 0 spiro atoms. The zero-order chi connectivity index (χ0) is 26.8. The van der Waals surface area contributed by atoms with Gasteiger partial charge in [-0.15, -0.1) is 0 Å². The largest absolute Gasteiger partial charge is 0.496 e. The molecule has 2 atom stereocenters. The number of nitrogens with two attached hydrogens (primary N) is 1. The molecule has 194 valence electrons. The van der Waals surface area contributed by atoms with Crippen LogP contribution in [0.5, 0.6) is 5.75 Å². The molecule has 0 aromatic heterocycles. The smallest absolute Gasteiger partial charge is 0.303 e. The summed E-state index contributed by atoms with van der Waals surface area (Å²) in [5, 5.41) is 18.4. The first-order chi connectivity index (χ1) is 17.8. The molecule has 0 aliphatic rings. The van der Waals surface area contributed by atoms with Gasteiger partial charge in [-0.05, 0) is 23.4 Å². The van der Waals surface area contributed by atoms with E-state index in [0.717, 1.165) is 16.3 Å². The Bertz CT molecular complexity index is 1260. The fraction of sp³-hybridized carbons (Fsp3) is 0.259. The zero-order valence-electron chi connectivity index (χ0n) is 20.4. The highest BCUT2D eigenvalue weighted by molar-refractivity contribution is 6.01. The van der Waals surface area contributed by atoms with E-state index in [9.17, 15) is 19.2 Å². The number of rotatable bonds is 12. The third kappa shape index (κ3) is 8.04. The number of benzene rings is 3. The summed E-state index contributed by atoms with van der Waals surface area (Å²) in [6, 6.07) is 18.3. The molecule has 0 aliphatic carbocycles. The van der Waals surface area contributed by atoms with Crippen LogP contribution in [0, 0.1) is 0 Å². The second-order valence-electron chi connectivity index (χ2n) is 8.46. The van der Waals surface area contributed by atoms with E-state index in [1.165, 1.54) is 0 Å². The van der Waals surface area contributed by atoms with Gasteiger partial charge in [-0.1, -0.05) is 54.6 Å². The number of aliphatic carboxylic acids is 1. The lowest BCUT2D eigenvalue weighted by atomic mass is 10.0. The van der Waals surface area contributed by atoms with Gasteiger partial charge < -0.3 is 31.5 Å². The molecular formula is C27H30N4O6. The molecular weight excluding hydrogens is 476 g/mol. The predicted octanol–water partition coefficient (Wildman–Crippen LogP) is 1.82. The van der Waals surface area contributed by atoms with Gasteiger partial charge in [-0.2, -0.15) is 0 Å². The molecule has 0 saturated heterocycles. The average molecular weight is 507 g/mol. The van der Waals surface area contributed by atoms with E-state index in [1.807, 2.05) is 60.7 Å². The van der Waals surface area contributed by atoms with Gasteiger partial charge in [0.05, 0.1) is 19.7 Å². The number of methoxy groups -OCH3 is 1. The van der Waals surface area contributed by atoms with Gasteiger partial charge in [-0.25, -0.2) is 0 Å². The number of carbonyl (C=O) groups is 4. The Morgan fingerprint density at radius 1 is 0.973 bits per heavy atom. The topological polar surface area (TPSA) is 160 Å². The Morgan fingerprint density at radius 2 is 1.68 bits per heavy atom. The van der Waals surface area contributed by atoms with Crippen molar-refractivity contribution in [2.75, 3.05) is 19.0 Å². The monoisotopic (exact) mass is 506 g/mol. The molecule has 3 amide bonds. The van der Waals surface area contributed by atoms with Crippen molar-refractivity contribution >= 4 is 40.2 Å². The Kier molecular flexibility index (Phi) is 9.56. The molecule has 0 aliphatic heterocycles. The number of nitrogens with one attached hydrogen (secondary N) is 3. The van der Waals surface area contributed by atoms with Crippen molar-refractivity contribution in [3.05, 3.63) is 72.3 Å². The van der Waals surface area contributed by atoms with Gasteiger partial charge in [0.1, 0.15) is 11.8 Å². The van der Waals surface area contributed by atoms with Crippen LogP contribution in [0.1, 0.15) is 18.4 Å². The van der Waals surface area contributed by atoms with Gasteiger partial charge in [0.25, 0.3) is 0 Å². The van der Waals surface area contributed by atoms with Crippen LogP contribution in [0.2, 0.25) is 0 Å². The highest BCUT2D eigenvalue weighted by Gasteiger charge is 2.23. The third-order valence-corrected chi connectivity index (χ3v) is 5.67. The second kappa shape index (κ2) is 13.0. The number of carboxylic acid groups (broad SMARTS) is 1. The maximum atomic E-state index is 13.3. The van der Waals surface area contributed by atoms with Crippen LogP contribution in [0.15, 0.2) is 66.7 Å². The Morgan fingerprint density at radius 3 is 2.38 bits per heavy atom. The fourth-order valence-electron chi connectivity index (χ4n) is 3.76. The second-order valence-corrected chi connectivity index (χ2v) is 8.46. The number of carboxylic acids is 1. The first kappa shape index (κ1) is 27.2. The molecule has 0 unspecified atom stereocenters. The van der Waals surface area contributed by atoms with Gasteiger partial charge in [-0.3, -0.25) is 19.2 Å². The number of anilines is 1. The summed E-state index contributed by atoms with van der Waals surface area (Å²) >= 11 is 0. The standard InChI is InChI=1S/C27H30N4O6/c1-37-23-15-19(14-18-9-5-6-10-20(18)23)30-27(36)22(13-17-7-3-2-4-8-17)31-24(32)16-29-26(35)21(28)11-12-25(33)34/h2-10,14-15,21-22H,11-13,16,28H2,1H3,(H,29,35)(H,30,36)(H,31,32)(H,33,34)/t21-,22-/m0/s1. The first-order valence-corrected chi connectivity index (χ1v) is 11.7. The minimum Gasteiger partial charge on any atom is -0.496 e. The molecule has 37 heavy (non-hydrogen) atoms. The van der Waals surface area contributed by atoms with Gasteiger partial charge in [0.15, 0.2) is 0 Å². The first-order valence-electron chi connectivity index (χ1n) is 11.7. The summed E-state index contributed by atoms with van der Waals surface area (Å²) in [7, 11) is 1.55. The number of fused-ring (bicyclic) bond motifs is 1. The summed E-state index contributed by atoms with van der Waals surface area (Å²) < 4.78 is 5.47. The van der Waals surface area contributed by atoms with Crippen LogP contribution in [0.3, 0.4) is 0 Å². The lowest BCUT2D eigenvalue weighted by Gasteiger charge is -2.20. The number of hydrogen-bond acceptors (Lipinski definition) is 6. The molecule has 10 nitrogen and oxygen atoms in total. The average Bonchev–Trinajstić information content (AvgIpc) is 2.89. The summed E-state index contributed by atoms with van der Waals surface area (Å²) in [4.78, 5) is 48.6. The molecule has 3 aromatic carbocycles. The van der Waals surface area contributed by atoms with Crippen LogP contribution in [-0.2, 0) is 25.6 Å². The minimum absolute atomic E-state index is 0.0585. The number of hydrogen-bond donors (Lipinski definition) is 5. The predicted molar refractivity (Wildman–Crippen MR) is 139 cm³/mol. The molecule has 3 rings (SSSR count). The molecule has 6 N–H and O–H groups in total. The highest BCUT2D eigenvalue weighted by Crippen LogP contribution is 2.29. The number of ether oxygens (including phenoxy) is 1. The Labute approximate surface area is 214 Å². The summed E-state index contributed by atoms with van der Waals surface area (Å²) in [6.45, 7) is -0.415. The molecule has 0 fully saturated rings. The van der Waals surface area contributed by atoms with Crippen molar-refractivity contribution in [1.82, 2.24) is 10.6 Å². The van der Waals surface area contributed by atoms with E-state index < -0.39 is 42.3 Å². The Hall–Kier alpha value is -4.44. The summed E-state index contributed by atoms with van der Waals surface area (Å²) in [6.07, 6.45) is -0.105. The molecule has 0 bridgehead atoms. The maximum absolute atomic E-state index is 13.3. The quantitative estimate of drug-likeness (QED) is 0.250. The third-order valence-electron chi connectivity index (χ3n) is 5.67. The van der Waals surface area contributed by atoms with Gasteiger partial charge in [0.2, 0.25) is 17.7 Å². The fourth-order valence-corrected chi connectivity index (χ4v) is 3.76. The van der Waals surface area contributed by atoms with Gasteiger partial charge >= 0.3 is 5.97 Å². The lowest BCUT2D eigenvalue weighted by molar-refractivity contribution is -0.137. The number of carbonyl (C=O) groups excluding carboxylic acids is 3. The van der Waals surface area contributed by atoms with Crippen molar-refractivity contribution in [1.29, 1.82) is 0 Å². The SMILES string of the molecule is COc1cc(NC(=O)[C@H](Cc2ccccc2)NC(=O)CNC(=O)[C@@H](N)CCC(=O)O)cc2ccccc12. The van der Waals surface area contributed by atoms with Crippen molar-refractivity contribution in [3.8, 4) is 5.75 Å². The van der Waals surface area contributed by atoms with Crippen LogP contribution >= 0.6 is 0 Å². The maximum Gasteiger partial charge on any atom is 0.303 e. The molecule has 0 radical (unpaired) electrons. The van der Waals surface area contributed by atoms with Crippen molar-refractivity contribution < 1.29 is 29.0 Å². The van der Waals surface area contributed by atoms with Gasteiger partial charge in [0, 0.05) is 30.0 Å².